The van der Waals surface area contributed by atoms with Crippen LogP contribution in [0.4, 0.5) is 0 Å². The summed E-state index contributed by atoms with van der Waals surface area (Å²) >= 11 is 6.24. The van der Waals surface area contributed by atoms with Crippen LogP contribution in [0.15, 0.2) is 60.7 Å². The zero-order chi connectivity index (χ0) is 14.2. The maximum Gasteiger partial charge on any atom is 0.126 e. The highest BCUT2D eigenvalue weighted by molar-refractivity contribution is 6.93. The molecule has 1 atom stereocenters. The lowest BCUT2D eigenvalue weighted by atomic mass is 9.90. The number of halogens is 1. The lowest BCUT2D eigenvalue weighted by Crippen LogP contribution is -2.01. The molecule has 2 aromatic carbocycles. The molecule has 21 heavy (non-hydrogen) atoms. The van der Waals surface area contributed by atoms with Gasteiger partial charge in [0.2, 0.25) is 0 Å². The second-order valence-electron chi connectivity index (χ2n) is 5.71. The van der Waals surface area contributed by atoms with Crippen molar-refractivity contribution in [2.75, 3.05) is 0 Å². The van der Waals surface area contributed by atoms with Crippen molar-refractivity contribution >= 4 is 25.5 Å². The zero-order valence-electron chi connectivity index (χ0n) is 11.9. The molecule has 0 radical (unpaired) electrons. The van der Waals surface area contributed by atoms with Gasteiger partial charge in [0, 0.05) is 5.92 Å². The minimum Gasteiger partial charge on any atom is -0.176 e. The summed E-state index contributed by atoms with van der Waals surface area (Å²) in [5.74, 6) is 0.498. The van der Waals surface area contributed by atoms with Gasteiger partial charge in [0.25, 0.3) is 0 Å². The van der Waals surface area contributed by atoms with E-state index in [0.29, 0.717) is 5.92 Å². The fourth-order valence-corrected chi connectivity index (χ4v) is 5.19. The Hall–Kier alpha value is -1.57. The highest BCUT2D eigenvalue weighted by Gasteiger charge is 2.30. The van der Waals surface area contributed by atoms with Gasteiger partial charge in [-0.15, -0.1) is 0 Å². The van der Waals surface area contributed by atoms with Crippen molar-refractivity contribution in [2.45, 2.75) is 18.4 Å². The van der Waals surface area contributed by atoms with E-state index in [1.54, 1.807) is 0 Å². The third-order valence-electron chi connectivity index (χ3n) is 4.60. The van der Waals surface area contributed by atoms with Crippen LogP contribution in [0.1, 0.15) is 29.0 Å². The predicted octanol–water partition coefficient (Wildman–Crippen LogP) is 4.88. The lowest BCUT2D eigenvalue weighted by Gasteiger charge is -2.17. The van der Waals surface area contributed by atoms with Crippen molar-refractivity contribution in [3.8, 4) is 11.1 Å². The molecule has 1 unspecified atom stereocenters. The Bertz CT molecular complexity index is 758. The standard InChI is InChI=1S/C19H17ClSi/c20-21-12-18-16-9-4-3-8-15(16)17-11-5-10-14(19(17)18)13-6-1-2-7-13/h1-6,8-11,18H,7,12,21H2. The molecule has 0 fully saturated rings. The molecule has 0 bridgehead atoms. The Labute approximate surface area is 132 Å². The molecule has 2 heteroatoms. The minimum atomic E-state index is -0.495. The molecule has 0 aliphatic heterocycles. The average Bonchev–Trinajstić information content (AvgIpc) is 3.15. The molecular weight excluding hydrogens is 292 g/mol. The third-order valence-corrected chi connectivity index (χ3v) is 6.05. The summed E-state index contributed by atoms with van der Waals surface area (Å²) in [5.41, 5.74) is 8.69. The van der Waals surface area contributed by atoms with Gasteiger partial charge in [-0.05, 0) is 45.9 Å². The molecule has 0 spiro atoms. The number of hydrogen-bond acceptors (Lipinski definition) is 0. The number of fused-ring (bicyclic) bond motifs is 3. The maximum atomic E-state index is 6.24. The molecule has 0 saturated heterocycles. The van der Waals surface area contributed by atoms with Gasteiger partial charge in [-0.1, -0.05) is 60.7 Å². The number of benzene rings is 2. The van der Waals surface area contributed by atoms with Crippen LogP contribution in [-0.2, 0) is 0 Å². The van der Waals surface area contributed by atoms with Gasteiger partial charge in [-0.25, -0.2) is 0 Å². The smallest absolute Gasteiger partial charge is 0.126 e. The first-order chi connectivity index (χ1) is 10.4. The van der Waals surface area contributed by atoms with E-state index in [1.807, 2.05) is 0 Å². The van der Waals surface area contributed by atoms with Crippen LogP contribution in [0.25, 0.3) is 16.7 Å². The fourth-order valence-electron chi connectivity index (χ4n) is 3.71. The van der Waals surface area contributed by atoms with Crippen molar-refractivity contribution in [1.29, 1.82) is 0 Å². The Morgan fingerprint density at radius 1 is 1.00 bits per heavy atom. The van der Waals surface area contributed by atoms with Crippen LogP contribution < -0.4 is 0 Å². The van der Waals surface area contributed by atoms with Crippen molar-refractivity contribution in [1.82, 2.24) is 0 Å². The van der Waals surface area contributed by atoms with Crippen molar-refractivity contribution in [3.05, 3.63) is 77.4 Å². The molecule has 0 nitrogen and oxygen atoms in total. The fraction of sp³-hybridized carbons (Fsp3) is 0.158. The van der Waals surface area contributed by atoms with Gasteiger partial charge in [-0.2, -0.15) is 11.1 Å². The minimum absolute atomic E-state index is 0.495. The highest BCUT2D eigenvalue weighted by Crippen LogP contribution is 2.49. The first-order valence-electron chi connectivity index (χ1n) is 7.54. The molecule has 2 aromatic rings. The van der Waals surface area contributed by atoms with Crippen molar-refractivity contribution in [3.63, 3.8) is 0 Å². The monoisotopic (exact) mass is 308 g/mol. The molecule has 2 aliphatic carbocycles. The largest absolute Gasteiger partial charge is 0.176 e. The van der Waals surface area contributed by atoms with E-state index in [4.69, 9.17) is 11.1 Å². The van der Waals surface area contributed by atoms with E-state index < -0.39 is 8.83 Å². The Balaban J connectivity index is 1.94. The summed E-state index contributed by atoms with van der Waals surface area (Å²) in [6.45, 7) is 0. The summed E-state index contributed by atoms with van der Waals surface area (Å²) in [5, 5.41) is 0. The third kappa shape index (κ3) is 2.04. The van der Waals surface area contributed by atoms with Crippen molar-refractivity contribution < 1.29 is 0 Å². The van der Waals surface area contributed by atoms with Crippen molar-refractivity contribution in [2.24, 2.45) is 0 Å². The molecule has 0 N–H and O–H groups in total. The van der Waals surface area contributed by atoms with E-state index in [2.05, 4.69) is 60.7 Å². The second-order valence-corrected chi connectivity index (χ2v) is 7.80. The summed E-state index contributed by atoms with van der Waals surface area (Å²) in [7, 11) is -0.495. The molecule has 4 rings (SSSR count). The second kappa shape index (κ2) is 5.32. The van der Waals surface area contributed by atoms with Gasteiger partial charge in [0.1, 0.15) is 8.83 Å². The topological polar surface area (TPSA) is 0 Å². The van der Waals surface area contributed by atoms with Gasteiger partial charge in [-0.3, -0.25) is 0 Å². The summed E-state index contributed by atoms with van der Waals surface area (Å²) in [6, 6.07) is 16.7. The molecule has 0 saturated carbocycles. The molecule has 104 valence electrons. The number of allylic oxidation sites excluding steroid dienone is 4. The molecule has 2 aliphatic rings. The number of hydrogen-bond donors (Lipinski definition) is 0. The van der Waals surface area contributed by atoms with Gasteiger partial charge >= 0.3 is 0 Å². The molecule has 0 heterocycles. The Morgan fingerprint density at radius 3 is 2.62 bits per heavy atom. The van der Waals surface area contributed by atoms with Crippen LogP contribution >= 0.6 is 11.1 Å². The summed E-state index contributed by atoms with van der Waals surface area (Å²) < 4.78 is 0. The average molecular weight is 309 g/mol. The first kappa shape index (κ1) is 13.1. The predicted molar refractivity (Wildman–Crippen MR) is 94.7 cm³/mol. The Morgan fingerprint density at radius 2 is 1.81 bits per heavy atom. The normalized spacial score (nSPS) is 19.1. The Kier molecular flexibility index (Phi) is 3.32. The molecular formula is C19H17ClSi. The lowest BCUT2D eigenvalue weighted by molar-refractivity contribution is 0.945. The van der Waals surface area contributed by atoms with E-state index in [1.165, 1.54) is 33.4 Å². The van der Waals surface area contributed by atoms with Crippen LogP contribution in [-0.4, -0.2) is 8.83 Å². The number of rotatable bonds is 3. The molecule has 0 amide bonds. The van der Waals surface area contributed by atoms with E-state index in [9.17, 15) is 0 Å². The zero-order valence-corrected chi connectivity index (χ0v) is 14.0. The van der Waals surface area contributed by atoms with Crippen LogP contribution in [0.2, 0.25) is 6.04 Å². The van der Waals surface area contributed by atoms with Gasteiger partial charge in [0.05, 0.1) is 0 Å². The maximum absolute atomic E-state index is 6.24. The van der Waals surface area contributed by atoms with Gasteiger partial charge < -0.3 is 0 Å². The quantitative estimate of drug-likeness (QED) is 0.560. The van der Waals surface area contributed by atoms with E-state index in [-0.39, 0.29) is 0 Å². The van der Waals surface area contributed by atoms with Crippen LogP contribution in [0, 0.1) is 0 Å². The summed E-state index contributed by atoms with van der Waals surface area (Å²) in [6.07, 6.45) is 7.72. The van der Waals surface area contributed by atoms with Gasteiger partial charge in [0.15, 0.2) is 0 Å². The summed E-state index contributed by atoms with van der Waals surface area (Å²) in [4.78, 5) is 0. The SMILES string of the molecule is Cl[SiH2]CC1c2ccccc2-c2cccc(C3=CC=CC3)c21. The van der Waals surface area contributed by atoms with Crippen LogP contribution in [0.5, 0.6) is 0 Å². The highest BCUT2D eigenvalue weighted by atomic mass is 35.6. The van der Waals surface area contributed by atoms with E-state index in [0.717, 1.165) is 12.5 Å². The van der Waals surface area contributed by atoms with Crippen LogP contribution in [0.3, 0.4) is 0 Å². The first-order valence-corrected chi connectivity index (χ1v) is 10.7. The van der Waals surface area contributed by atoms with E-state index >= 15 is 0 Å². The molecule has 0 aromatic heterocycles.